The lowest BCUT2D eigenvalue weighted by atomic mass is 10.1. The SMILES string of the molecule is CCN=CCC(C)CN. The second-order valence-electron chi connectivity index (χ2n) is 2.26. The van der Waals surface area contributed by atoms with Gasteiger partial charge in [0.1, 0.15) is 0 Å². The van der Waals surface area contributed by atoms with Crippen molar-refractivity contribution in [3.8, 4) is 0 Å². The highest BCUT2D eigenvalue weighted by Crippen LogP contribution is 1.94. The van der Waals surface area contributed by atoms with Crippen LogP contribution >= 0.6 is 0 Å². The second kappa shape index (κ2) is 5.76. The zero-order valence-electron chi connectivity index (χ0n) is 6.30. The van der Waals surface area contributed by atoms with Crippen LogP contribution in [0.15, 0.2) is 4.99 Å². The van der Waals surface area contributed by atoms with Gasteiger partial charge in [-0.3, -0.25) is 4.99 Å². The van der Waals surface area contributed by atoms with Gasteiger partial charge in [-0.1, -0.05) is 6.92 Å². The molecule has 2 heteroatoms. The lowest BCUT2D eigenvalue weighted by Crippen LogP contribution is -2.10. The molecule has 0 heterocycles. The molecule has 9 heavy (non-hydrogen) atoms. The van der Waals surface area contributed by atoms with E-state index in [4.69, 9.17) is 5.73 Å². The second-order valence-corrected chi connectivity index (χ2v) is 2.26. The van der Waals surface area contributed by atoms with Gasteiger partial charge in [-0.2, -0.15) is 0 Å². The topological polar surface area (TPSA) is 38.4 Å². The van der Waals surface area contributed by atoms with E-state index in [2.05, 4.69) is 11.9 Å². The Hall–Kier alpha value is -0.370. The van der Waals surface area contributed by atoms with Gasteiger partial charge in [-0.15, -0.1) is 0 Å². The van der Waals surface area contributed by atoms with Crippen LogP contribution in [-0.4, -0.2) is 19.3 Å². The van der Waals surface area contributed by atoms with Crippen molar-refractivity contribution >= 4 is 6.21 Å². The lowest BCUT2D eigenvalue weighted by Gasteiger charge is -2.00. The van der Waals surface area contributed by atoms with Crippen LogP contribution in [0.1, 0.15) is 20.3 Å². The summed E-state index contributed by atoms with van der Waals surface area (Å²) in [5.41, 5.74) is 5.39. The Morgan fingerprint density at radius 2 is 2.33 bits per heavy atom. The van der Waals surface area contributed by atoms with Gasteiger partial charge in [-0.05, 0) is 32.0 Å². The Morgan fingerprint density at radius 1 is 1.67 bits per heavy atom. The van der Waals surface area contributed by atoms with Crippen molar-refractivity contribution < 1.29 is 0 Å². The van der Waals surface area contributed by atoms with E-state index in [0.717, 1.165) is 19.5 Å². The molecule has 0 saturated heterocycles. The number of nitrogens with zero attached hydrogens (tertiary/aromatic N) is 1. The molecule has 2 nitrogen and oxygen atoms in total. The quantitative estimate of drug-likeness (QED) is 0.565. The smallest absolute Gasteiger partial charge is 0.0357 e. The van der Waals surface area contributed by atoms with Crippen LogP contribution in [0.5, 0.6) is 0 Å². The van der Waals surface area contributed by atoms with Crippen LogP contribution in [-0.2, 0) is 0 Å². The van der Waals surface area contributed by atoms with Crippen LogP contribution in [0.3, 0.4) is 0 Å². The molecule has 54 valence electrons. The third-order valence-electron chi connectivity index (χ3n) is 1.22. The van der Waals surface area contributed by atoms with E-state index in [0.29, 0.717) is 5.92 Å². The Balaban J connectivity index is 3.15. The molecular weight excluding hydrogens is 112 g/mol. The number of hydrogen-bond acceptors (Lipinski definition) is 2. The van der Waals surface area contributed by atoms with Crippen LogP contribution in [0.25, 0.3) is 0 Å². The summed E-state index contributed by atoms with van der Waals surface area (Å²) in [5.74, 6) is 0.584. The first kappa shape index (κ1) is 8.63. The summed E-state index contributed by atoms with van der Waals surface area (Å²) in [7, 11) is 0. The van der Waals surface area contributed by atoms with E-state index in [1.54, 1.807) is 0 Å². The number of rotatable bonds is 4. The summed E-state index contributed by atoms with van der Waals surface area (Å²) >= 11 is 0. The fraction of sp³-hybridized carbons (Fsp3) is 0.857. The summed E-state index contributed by atoms with van der Waals surface area (Å²) in [6.45, 7) is 5.80. The van der Waals surface area contributed by atoms with E-state index >= 15 is 0 Å². The molecule has 0 saturated carbocycles. The largest absolute Gasteiger partial charge is 0.330 e. The van der Waals surface area contributed by atoms with Gasteiger partial charge >= 0.3 is 0 Å². The maximum atomic E-state index is 5.39. The summed E-state index contributed by atoms with van der Waals surface area (Å²) in [4.78, 5) is 4.08. The first-order valence-corrected chi connectivity index (χ1v) is 3.49. The van der Waals surface area contributed by atoms with Crippen LogP contribution in [0, 0.1) is 5.92 Å². The molecule has 0 amide bonds. The minimum Gasteiger partial charge on any atom is -0.330 e. The first-order valence-electron chi connectivity index (χ1n) is 3.49. The van der Waals surface area contributed by atoms with Gasteiger partial charge in [0.15, 0.2) is 0 Å². The maximum Gasteiger partial charge on any atom is 0.0357 e. The zero-order chi connectivity index (χ0) is 7.11. The molecule has 2 N–H and O–H groups in total. The molecule has 0 aliphatic rings. The lowest BCUT2D eigenvalue weighted by molar-refractivity contribution is 0.626. The molecule has 0 rings (SSSR count). The minimum atomic E-state index is 0.584. The Bertz CT molecular complexity index is 79.0. The molecule has 0 bridgehead atoms. The van der Waals surface area contributed by atoms with Crippen molar-refractivity contribution in [2.75, 3.05) is 13.1 Å². The third kappa shape index (κ3) is 5.50. The molecule has 0 aromatic rings. The number of aliphatic imine (C=N–C) groups is 1. The van der Waals surface area contributed by atoms with Crippen molar-refractivity contribution in [1.82, 2.24) is 0 Å². The standard InChI is InChI=1S/C7H16N2/c1-3-9-5-4-7(2)6-8/h5,7H,3-4,6,8H2,1-2H3. The summed E-state index contributed by atoms with van der Waals surface area (Å²) in [6, 6.07) is 0. The Morgan fingerprint density at radius 3 is 2.78 bits per heavy atom. The molecule has 0 fully saturated rings. The monoisotopic (exact) mass is 128 g/mol. The predicted octanol–water partition coefficient (Wildman–Crippen LogP) is 1.06. The minimum absolute atomic E-state index is 0.584. The van der Waals surface area contributed by atoms with E-state index in [9.17, 15) is 0 Å². The predicted molar refractivity (Wildman–Crippen MR) is 41.9 cm³/mol. The molecule has 0 radical (unpaired) electrons. The van der Waals surface area contributed by atoms with E-state index < -0.39 is 0 Å². The van der Waals surface area contributed by atoms with Gasteiger partial charge < -0.3 is 5.73 Å². The van der Waals surface area contributed by atoms with Gasteiger partial charge in [0.2, 0.25) is 0 Å². The van der Waals surface area contributed by atoms with Crippen LogP contribution in [0.4, 0.5) is 0 Å². The van der Waals surface area contributed by atoms with Gasteiger partial charge in [-0.25, -0.2) is 0 Å². The molecule has 0 spiro atoms. The molecule has 0 aliphatic carbocycles. The van der Waals surface area contributed by atoms with Crippen LogP contribution in [0.2, 0.25) is 0 Å². The highest BCUT2D eigenvalue weighted by Gasteiger charge is 1.92. The average molecular weight is 128 g/mol. The zero-order valence-corrected chi connectivity index (χ0v) is 6.30. The Kier molecular flexibility index (Phi) is 5.52. The van der Waals surface area contributed by atoms with Crippen LogP contribution < -0.4 is 5.73 Å². The van der Waals surface area contributed by atoms with Crippen molar-refractivity contribution in [3.05, 3.63) is 0 Å². The molecule has 0 aromatic heterocycles. The highest BCUT2D eigenvalue weighted by atomic mass is 14.7. The normalized spacial score (nSPS) is 14.6. The highest BCUT2D eigenvalue weighted by molar-refractivity contribution is 5.57. The molecule has 1 unspecified atom stereocenters. The van der Waals surface area contributed by atoms with Crippen molar-refractivity contribution in [1.29, 1.82) is 0 Å². The summed E-state index contributed by atoms with van der Waals surface area (Å²) in [6.07, 6.45) is 2.97. The fourth-order valence-corrected chi connectivity index (χ4v) is 0.480. The Labute approximate surface area is 57.2 Å². The summed E-state index contributed by atoms with van der Waals surface area (Å²) < 4.78 is 0. The molecule has 0 aromatic carbocycles. The number of nitrogens with two attached hydrogens (primary N) is 1. The van der Waals surface area contributed by atoms with E-state index in [-0.39, 0.29) is 0 Å². The van der Waals surface area contributed by atoms with Crippen molar-refractivity contribution in [2.45, 2.75) is 20.3 Å². The van der Waals surface area contributed by atoms with Gasteiger partial charge in [0, 0.05) is 6.54 Å². The first-order chi connectivity index (χ1) is 4.31. The summed E-state index contributed by atoms with van der Waals surface area (Å²) in [5, 5.41) is 0. The van der Waals surface area contributed by atoms with Gasteiger partial charge in [0.05, 0.1) is 0 Å². The van der Waals surface area contributed by atoms with Gasteiger partial charge in [0.25, 0.3) is 0 Å². The molecule has 0 aliphatic heterocycles. The third-order valence-corrected chi connectivity index (χ3v) is 1.22. The maximum absolute atomic E-state index is 5.39. The molecule has 1 atom stereocenters. The van der Waals surface area contributed by atoms with E-state index in [1.165, 1.54) is 0 Å². The van der Waals surface area contributed by atoms with Crippen molar-refractivity contribution in [3.63, 3.8) is 0 Å². The molecular formula is C7H16N2. The number of hydrogen-bond donors (Lipinski definition) is 1. The average Bonchev–Trinajstić information content (AvgIpc) is 1.89. The fourth-order valence-electron chi connectivity index (χ4n) is 0.480. The van der Waals surface area contributed by atoms with E-state index in [1.807, 2.05) is 13.1 Å². The van der Waals surface area contributed by atoms with Crippen molar-refractivity contribution in [2.24, 2.45) is 16.6 Å².